The number of nitro benzene ring substituents is 1. The maximum absolute atomic E-state index is 12.7. The lowest BCUT2D eigenvalue weighted by Crippen LogP contribution is -2.06. The molecule has 0 aliphatic carbocycles. The first kappa shape index (κ1) is 16.9. The zero-order chi connectivity index (χ0) is 17.9. The van der Waals surface area contributed by atoms with Gasteiger partial charge < -0.3 is 0 Å². The topological polar surface area (TPSA) is 77.3 Å². The number of rotatable bonds is 5. The van der Waals surface area contributed by atoms with Gasteiger partial charge in [0.15, 0.2) is 9.84 Å². The van der Waals surface area contributed by atoms with E-state index in [-0.39, 0.29) is 16.3 Å². The summed E-state index contributed by atoms with van der Waals surface area (Å²) in [5, 5.41) is 11.3. The lowest BCUT2D eigenvalue weighted by atomic mass is 9.99. The van der Waals surface area contributed by atoms with Crippen LogP contribution in [0.1, 0.15) is 5.56 Å². The molecular weight excluding hydrogens is 338 g/mol. The minimum Gasteiger partial charge on any atom is -0.258 e. The van der Waals surface area contributed by atoms with Crippen molar-refractivity contribution in [2.24, 2.45) is 0 Å². The van der Waals surface area contributed by atoms with E-state index in [4.69, 9.17) is 0 Å². The van der Waals surface area contributed by atoms with Crippen LogP contribution in [0.4, 0.5) is 5.69 Å². The molecule has 25 heavy (non-hydrogen) atoms. The zero-order valence-corrected chi connectivity index (χ0v) is 14.0. The summed E-state index contributed by atoms with van der Waals surface area (Å²) in [6, 6.07) is 21.4. The second-order valence-corrected chi connectivity index (χ2v) is 7.49. The number of nitro groups is 1. The molecule has 0 N–H and O–H groups in total. The van der Waals surface area contributed by atoms with Gasteiger partial charge in [-0.2, -0.15) is 0 Å². The highest BCUT2D eigenvalue weighted by molar-refractivity contribution is 7.90. The van der Waals surface area contributed by atoms with Gasteiger partial charge in [0.2, 0.25) is 0 Å². The monoisotopic (exact) mass is 353 g/mol. The molecule has 0 radical (unpaired) electrons. The fourth-order valence-electron chi connectivity index (χ4n) is 2.69. The Morgan fingerprint density at radius 2 is 1.32 bits per heavy atom. The van der Waals surface area contributed by atoms with Crippen LogP contribution >= 0.6 is 0 Å². The molecular formula is C19H15NO4S. The van der Waals surface area contributed by atoms with Gasteiger partial charge in [-0.1, -0.05) is 54.6 Å². The predicted octanol–water partition coefficient (Wildman–Crippen LogP) is 4.24. The summed E-state index contributed by atoms with van der Waals surface area (Å²) in [4.78, 5) is 11.1. The summed E-state index contributed by atoms with van der Waals surface area (Å²) in [7, 11) is -3.55. The SMILES string of the molecule is O=[N+]([O-])c1ccccc1-c1ccccc1CS(=O)(=O)c1ccccc1. The molecule has 0 amide bonds. The van der Waals surface area contributed by atoms with Crippen molar-refractivity contribution in [1.82, 2.24) is 0 Å². The van der Waals surface area contributed by atoms with Crippen molar-refractivity contribution in [3.8, 4) is 11.1 Å². The van der Waals surface area contributed by atoms with E-state index < -0.39 is 14.8 Å². The first-order chi connectivity index (χ1) is 12.0. The molecule has 0 saturated carbocycles. The lowest BCUT2D eigenvalue weighted by Gasteiger charge is -2.11. The standard InChI is InChI=1S/C19H15NO4S/c21-20(22)19-13-7-6-12-18(19)17-11-5-4-8-15(17)14-25(23,24)16-9-2-1-3-10-16/h1-13H,14H2. The Hall–Kier alpha value is -2.99. The Balaban J connectivity index is 2.08. The smallest absolute Gasteiger partial charge is 0.258 e. The third-order valence-electron chi connectivity index (χ3n) is 3.86. The molecule has 0 saturated heterocycles. The van der Waals surface area contributed by atoms with Crippen LogP contribution in [0.2, 0.25) is 0 Å². The first-order valence-electron chi connectivity index (χ1n) is 7.58. The van der Waals surface area contributed by atoms with E-state index in [0.29, 0.717) is 16.7 Å². The normalized spacial score (nSPS) is 11.2. The quantitative estimate of drug-likeness (QED) is 0.508. The van der Waals surface area contributed by atoms with Gasteiger partial charge >= 0.3 is 0 Å². The molecule has 0 atom stereocenters. The molecule has 3 rings (SSSR count). The highest BCUT2D eigenvalue weighted by atomic mass is 32.2. The van der Waals surface area contributed by atoms with Crippen LogP contribution < -0.4 is 0 Å². The fourth-order valence-corrected chi connectivity index (χ4v) is 4.09. The van der Waals surface area contributed by atoms with E-state index in [9.17, 15) is 18.5 Å². The average molecular weight is 353 g/mol. The van der Waals surface area contributed by atoms with Gasteiger partial charge in [-0.15, -0.1) is 0 Å². The van der Waals surface area contributed by atoms with E-state index in [2.05, 4.69) is 0 Å². The summed E-state index contributed by atoms with van der Waals surface area (Å²) in [5.41, 5.74) is 1.44. The summed E-state index contributed by atoms with van der Waals surface area (Å²) in [6.07, 6.45) is 0. The minimum absolute atomic E-state index is 0.0490. The number of benzene rings is 3. The third kappa shape index (κ3) is 3.59. The largest absolute Gasteiger partial charge is 0.277 e. The average Bonchev–Trinajstić information content (AvgIpc) is 2.62. The molecule has 0 aliphatic rings. The number of sulfone groups is 1. The van der Waals surface area contributed by atoms with Gasteiger partial charge in [0.1, 0.15) is 0 Å². The van der Waals surface area contributed by atoms with Crippen LogP contribution in [0.15, 0.2) is 83.8 Å². The van der Waals surface area contributed by atoms with Crippen molar-refractivity contribution >= 4 is 15.5 Å². The summed E-state index contributed by atoms with van der Waals surface area (Å²) < 4.78 is 25.3. The van der Waals surface area contributed by atoms with Gasteiger partial charge in [0.05, 0.1) is 21.1 Å². The number of hydrogen-bond donors (Lipinski definition) is 0. The van der Waals surface area contributed by atoms with Crippen LogP contribution in [0.3, 0.4) is 0 Å². The second-order valence-electron chi connectivity index (χ2n) is 5.50. The van der Waals surface area contributed by atoms with E-state index in [1.165, 1.54) is 6.07 Å². The van der Waals surface area contributed by atoms with E-state index in [0.717, 1.165) is 0 Å². The van der Waals surface area contributed by atoms with Crippen molar-refractivity contribution in [2.45, 2.75) is 10.6 Å². The van der Waals surface area contributed by atoms with Crippen molar-refractivity contribution in [3.05, 3.63) is 94.5 Å². The van der Waals surface area contributed by atoms with Crippen molar-refractivity contribution in [2.75, 3.05) is 0 Å². The molecule has 0 fully saturated rings. The maximum atomic E-state index is 12.7. The first-order valence-corrected chi connectivity index (χ1v) is 9.24. The third-order valence-corrected chi connectivity index (χ3v) is 5.54. The molecule has 0 bridgehead atoms. The molecule has 3 aromatic rings. The molecule has 0 spiro atoms. The molecule has 5 nitrogen and oxygen atoms in total. The van der Waals surface area contributed by atoms with E-state index in [1.807, 2.05) is 0 Å². The summed E-state index contributed by atoms with van der Waals surface area (Å²) in [6.45, 7) is 0. The summed E-state index contributed by atoms with van der Waals surface area (Å²) >= 11 is 0. The minimum atomic E-state index is -3.55. The Morgan fingerprint density at radius 1 is 0.760 bits per heavy atom. The molecule has 0 unspecified atom stereocenters. The Bertz CT molecular complexity index is 1010. The summed E-state index contributed by atoms with van der Waals surface area (Å²) in [5.74, 6) is -0.223. The molecule has 126 valence electrons. The van der Waals surface area contributed by atoms with Crippen LogP contribution in [-0.2, 0) is 15.6 Å². The van der Waals surface area contributed by atoms with Gasteiger partial charge in [0.25, 0.3) is 5.69 Å². The van der Waals surface area contributed by atoms with E-state index in [1.54, 1.807) is 72.8 Å². The van der Waals surface area contributed by atoms with Gasteiger partial charge in [-0.05, 0) is 29.3 Å². The van der Waals surface area contributed by atoms with Gasteiger partial charge in [-0.25, -0.2) is 8.42 Å². The highest BCUT2D eigenvalue weighted by Gasteiger charge is 2.21. The van der Waals surface area contributed by atoms with Crippen LogP contribution in [0.25, 0.3) is 11.1 Å². The van der Waals surface area contributed by atoms with Crippen LogP contribution in [0, 0.1) is 10.1 Å². The number of nitrogens with zero attached hydrogens (tertiary/aromatic N) is 1. The second kappa shape index (κ2) is 6.86. The molecule has 3 aromatic carbocycles. The van der Waals surface area contributed by atoms with E-state index >= 15 is 0 Å². The zero-order valence-electron chi connectivity index (χ0n) is 13.2. The molecule has 0 heterocycles. The van der Waals surface area contributed by atoms with Crippen molar-refractivity contribution in [1.29, 1.82) is 0 Å². The molecule has 6 heteroatoms. The van der Waals surface area contributed by atoms with Crippen molar-refractivity contribution < 1.29 is 13.3 Å². The van der Waals surface area contributed by atoms with Crippen molar-refractivity contribution in [3.63, 3.8) is 0 Å². The van der Waals surface area contributed by atoms with Gasteiger partial charge in [0, 0.05) is 6.07 Å². The predicted molar refractivity (Wildman–Crippen MR) is 95.9 cm³/mol. The Morgan fingerprint density at radius 3 is 2.00 bits per heavy atom. The maximum Gasteiger partial charge on any atom is 0.277 e. The van der Waals surface area contributed by atoms with Gasteiger partial charge in [-0.3, -0.25) is 10.1 Å². The molecule has 0 aliphatic heterocycles. The van der Waals surface area contributed by atoms with Crippen LogP contribution in [-0.4, -0.2) is 13.3 Å². The fraction of sp³-hybridized carbons (Fsp3) is 0.0526. The number of hydrogen-bond acceptors (Lipinski definition) is 4. The lowest BCUT2D eigenvalue weighted by molar-refractivity contribution is -0.384. The van der Waals surface area contributed by atoms with Crippen LogP contribution in [0.5, 0.6) is 0 Å². The number of para-hydroxylation sites is 1. The molecule has 0 aromatic heterocycles. The Kier molecular flexibility index (Phi) is 4.63. The Labute approximate surface area is 145 Å². The highest BCUT2D eigenvalue weighted by Crippen LogP contribution is 2.33.